The molecule has 0 heterocycles. The van der Waals surface area contributed by atoms with E-state index in [0.717, 1.165) is 0 Å². The third-order valence-corrected chi connectivity index (χ3v) is 3.97. The van der Waals surface area contributed by atoms with E-state index in [4.69, 9.17) is 28.3 Å². The van der Waals surface area contributed by atoms with Gasteiger partial charge in [0.15, 0.2) is 0 Å². The molecule has 0 aliphatic carbocycles. The predicted molar refractivity (Wildman–Crippen MR) is 60.0 cm³/mol. The molecule has 1 N–H and O–H groups in total. The summed E-state index contributed by atoms with van der Waals surface area (Å²) < 4.78 is 11.7. The highest BCUT2D eigenvalue weighted by Gasteiger charge is 2.13. The lowest BCUT2D eigenvalue weighted by Crippen LogP contribution is -2.05. The zero-order valence-electron chi connectivity index (χ0n) is 7.57. The molecular weight excluding hydrogens is 259 g/mol. The minimum Gasteiger partial charge on any atom is -0.481 e. The van der Waals surface area contributed by atoms with Gasteiger partial charge in [-0.05, 0) is 12.1 Å². The lowest BCUT2D eigenvalue weighted by molar-refractivity contribution is -0.136. The Morgan fingerprint density at radius 3 is 2.33 bits per heavy atom. The smallest absolute Gasteiger partial charge is 0.304 e. The first kappa shape index (κ1) is 12.5. The van der Waals surface area contributed by atoms with Crippen LogP contribution < -0.4 is 0 Å². The summed E-state index contributed by atoms with van der Waals surface area (Å²) in [6.07, 6.45) is -0.172. The molecule has 0 fully saturated rings. The van der Waals surface area contributed by atoms with E-state index in [1.807, 2.05) is 0 Å². The maximum atomic E-state index is 11.7. The number of halogens is 2. The monoisotopic (exact) mass is 266 g/mol. The molecule has 0 amide bonds. The van der Waals surface area contributed by atoms with E-state index in [9.17, 15) is 9.00 Å². The van der Waals surface area contributed by atoms with Gasteiger partial charge in [-0.25, -0.2) is 0 Å². The lowest BCUT2D eigenvalue weighted by atomic mass is 10.4. The molecule has 3 nitrogen and oxygen atoms in total. The lowest BCUT2D eigenvalue weighted by Gasteiger charge is -2.05. The van der Waals surface area contributed by atoms with Crippen LogP contribution in [0.2, 0.25) is 10.0 Å². The van der Waals surface area contributed by atoms with Crippen molar-refractivity contribution in [2.75, 3.05) is 5.75 Å². The molecule has 1 aromatic rings. The highest BCUT2D eigenvalue weighted by Crippen LogP contribution is 2.27. The van der Waals surface area contributed by atoms with Gasteiger partial charge >= 0.3 is 5.97 Å². The fourth-order valence-corrected chi connectivity index (χ4v) is 3.03. The third-order valence-electron chi connectivity index (χ3n) is 1.65. The van der Waals surface area contributed by atoms with Crippen LogP contribution in [0.4, 0.5) is 0 Å². The molecule has 1 atom stereocenters. The zero-order chi connectivity index (χ0) is 11.4. The van der Waals surface area contributed by atoms with Crippen LogP contribution >= 0.6 is 23.2 Å². The molecule has 1 aromatic carbocycles. The van der Waals surface area contributed by atoms with Crippen molar-refractivity contribution in [3.05, 3.63) is 28.2 Å². The van der Waals surface area contributed by atoms with Gasteiger partial charge < -0.3 is 5.11 Å². The Hall–Kier alpha value is -0.580. The summed E-state index contributed by atoms with van der Waals surface area (Å²) >= 11 is 11.6. The fourth-order valence-electron chi connectivity index (χ4n) is 0.982. The van der Waals surface area contributed by atoms with Gasteiger partial charge in [0.05, 0.1) is 32.2 Å². The summed E-state index contributed by atoms with van der Waals surface area (Å²) in [4.78, 5) is 10.6. The second-order valence-electron chi connectivity index (χ2n) is 2.74. The van der Waals surface area contributed by atoms with E-state index >= 15 is 0 Å². The Kier molecular flexibility index (Phi) is 4.57. The number of carboxylic acid groups (broad SMARTS) is 1. The van der Waals surface area contributed by atoms with Crippen molar-refractivity contribution in [2.24, 2.45) is 0 Å². The summed E-state index contributed by atoms with van der Waals surface area (Å²) in [5, 5.41) is 9.04. The molecule has 1 unspecified atom stereocenters. The number of benzene rings is 1. The van der Waals surface area contributed by atoms with E-state index in [1.54, 1.807) is 18.2 Å². The number of rotatable bonds is 4. The number of hydrogen-bond donors (Lipinski definition) is 1. The first-order valence-corrected chi connectivity index (χ1v) is 6.14. The normalized spacial score (nSPS) is 12.4. The van der Waals surface area contributed by atoms with Crippen LogP contribution in [0.25, 0.3) is 0 Å². The molecule has 0 aromatic heterocycles. The molecule has 0 radical (unpaired) electrons. The summed E-state index contributed by atoms with van der Waals surface area (Å²) in [6.45, 7) is 0. The Labute approximate surface area is 99.5 Å². The molecule has 0 saturated carbocycles. The van der Waals surface area contributed by atoms with Gasteiger partial charge in [-0.2, -0.15) is 0 Å². The van der Waals surface area contributed by atoms with Gasteiger partial charge in [-0.15, -0.1) is 0 Å². The Morgan fingerprint density at radius 2 is 1.87 bits per heavy atom. The number of carbonyl (C=O) groups is 1. The van der Waals surface area contributed by atoms with Crippen LogP contribution in [-0.4, -0.2) is 21.0 Å². The second-order valence-corrected chi connectivity index (χ2v) is 5.07. The van der Waals surface area contributed by atoms with Crippen LogP contribution in [0.1, 0.15) is 6.42 Å². The van der Waals surface area contributed by atoms with Crippen molar-refractivity contribution in [1.82, 2.24) is 0 Å². The first-order valence-electron chi connectivity index (χ1n) is 4.06. The molecule has 0 bridgehead atoms. The number of aliphatic carboxylic acids is 1. The molecule has 6 heteroatoms. The van der Waals surface area contributed by atoms with E-state index in [-0.39, 0.29) is 12.2 Å². The van der Waals surface area contributed by atoms with Crippen molar-refractivity contribution in [3.8, 4) is 0 Å². The molecule has 82 valence electrons. The van der Waals surface area contributed by atoms with Crippen molar-refractivity contribution >= 4 is 40.0 Å². The summed E-state index contributed by atoms with van der Waals surface area (Å²) in [6, 6.07) is 4.78. The second kappa shape index (κ2) is 5.49. The van der Waals surface area contributed by atoms with Crippen LogP contribution in [0.5, 0.6) is 0 Å². The number of carboxylic acids is 1. The molecule has 0 spiro atoms. The third kappa shape index (κ3) is 3.48. The summed E-state index contributed by atoms with van der Waals surface area (Å²) in [5.74, 6) is -0.981. The Balaban J connectivity index is 2.86. The summed E-state index contributed by atoms with van der Waals surface area (Å²) in [5.41, 5.74) is 0. The van der Waals surface area contributed by atoms with Gasteiger partial charge in [0.25, 0.3) is 0 Å². The van der Waals surface area contributed by atoms with Gasteiger partial charge in [-0.1, -0.05) is 29.3 Å². The molecule has 0 aliphatic heterocycles. The number of hydrogen-bond acceptors (Lipinski definition) is 2. The zero-order valence-corrected chi connectivity index (χ0v) is 9.90. The highest BCUT2D eigenvalue weighted by atomic mass is 35.5. The Bertz CT molecular complexity index is 386. The quantitative estimate of drug-likeness (QED) is 0.912. The molecular formula is C9H8Cl2O3S. The van der Waals surface area contributed by atoms with Crippen molar-refractivity contribution in [1.29, 1.82) is 0 Å². The van der Waals surface area contributed by atoms with E-state index in [1.165, 1.54) is 0 Å². The minimum absolute atomic E-state index is 0.0127. The van der Waals surface area contributed by atoms with Crippen molar-refractivity contribution in [2.45, 2.75) is 11.3 Å². The van der Waals surface area contributed by atoms with Crippen LogP contribution in [-0.2, 0) is 15.6 Å². The average molecular weight is 267 g/mol. The molecule has 0 aliphatic rings. The average Bonchev–Trinajstić information content (AvgIpc) is 2.14. The maximum Gasteiger partial charge on any atom is 0.304 e. The predicted octanol–water partition coefficient (Wildman–Crippen LogP) is 2.58. The molecule has 1 rings (SSSR count). The van der Waals surface area contributed by atoms with E-state index < -0.39 is 16.8 Å². The topological polar surface area (TPSA) is 54.4 Å². The molecule has 0 saturated heterocycles. The standard InChI is InChI=1S/C9H8Cl2O3S/c10-6-2-1-3-7(11)9(6)15(14)5-4-8(12)13/h1-3H,4-5H2,(H,12,13). The SMILES string of the molecule is O=C(O)CCS(=O)c1c(Cl)cccc1Cl. The van der Waals surface area contributed by atoms with Gasteiger partial charge in [0.1, 0.15) is 0 Å². The fraction of sp³-hybridized carbons (Fsp3) is 0.222. The maximum absolute atomic E-state index is 11.7. The van der Waals surface area contributed by atoms with Crippen LogP contribution in [0.15, 0.2) is 23.1 Å². The van der Waals surface area contributed by atoms with Gasteiger partial charge in [0, 0.05) is 5.75 Å². The van der Waals surface area contributed by atoms with Crippen LogP contribution in [0, 0.1) is 0 Å². The Morgan fingerprint density at radius 1 is 1.33 bits per heavy atom. The largest absolute Gasteiger partial charge is 0.481 e. The van der Waals surface area contributed by atoms with Crippen molar-refractivity contribution < 1.29 is 14.1 Å². The minimum atomic E-state index is -1.47. The van der Waals surface area contributed by atoms with E-state index in [0.29, 0.717) is 14.9 Å². The highest BCUT2D eigenvalue weighted by molar-refractivity contribution is 7.85. The first-order chi connectivity index (χ1) is 7.02. The van der Waals surface area contributed by atoms with Gasteiger partial charge in [-0.3, -0.25) is 9.00 Å². The van der Waals surface area contributed by atoms with Gasteiger partial charge in [0.2, 0.25) is 0 Å². The molecule has 15 heavy (non-hydrogen) atoms. The summed E-state index contributed by atoms with van der Waals surface area (Å²) in [7, 11) is -1.47. The van der Waals surface area contributed by atoms with Crippen LogP contribution in [0.3, 0.4) is 0 Å². The van der Waals surface area contributed by atoms with Crippen molar-refractivity contribution in [3.63, 3.8) is 0 Å². The van der Waals surface area contributed by atoms with E-state index in [2.05, 4.69) is 0 Å².